The predicted octanol–water partition coefficient (Wildman–Crippen LogP) is 3.26. The lowest BCUT2D eigenvalue weighted by molar-refractivity contribution is 0.0922. The molecule has 29 heavy (non-hydrogen) atoms. The van der Waals surface area contributed by atoms with E-state index in [-0.39, 0.29) is 18.6 Å². The Bertz CT molecular complexity index is 1010. The average molecular weight is 392 g/mol. The van der Waals surface area contributed by atoms with Crippen molar-refractivity contribution < 1.29 is 14.6 Å². The molecule has 0 bridgehead atoms. The zero-order valence-electron chi connectivity index (χ0n) is 16.5. The van der Waals surface area contributed by atoms with E-state index in [4.69, 9.17) is 9.84 Å². The molecule has 1 atom stereocenters. The highest BCUT2D eigenvalue weighted by Crippen LogP contribution is 2.40. The van der Waals surface area contributed by atoms with Gasteiger partial charge in [-0.3, -0.25) is 9.48 Å². The Morgan fingerprint density at radius 3 is 2.69 bits per heavy atom. The molecule has 1 fully saturated rings. The quantitative estimate of drug-likeness (QED) is 0.644. The normalized spacial score (nSPS) is 14.4. The van der Waals surface area contributed by atoms with Crippen LogP contribution in [-0.2, 0) is 7.05 Å². The molecule has 7 nitrogen and oxygen atoms in total. The summed E-state index contributed by atoms with van der Waals surface area (Å²) in [5, 5.41) is 16.3. The molecule has 0 spiro atoms. The van der Waals surface area contributed by atoms with Crippen molar-refractivity contribution in [2.45, 2.75) is 31.7 Å². The molecule has 1 saturated carbocycles. The van der Waals surface area contributed by atoms with Crippen molar-refractivity contribution in [1.29, 1.82) is 0 Å². The Morgan fingerprint density at radius 2 is 2.07 bits per heavy atom. The van der Waals surface area contributed by atoms with E-state index < -0.39 is 0 Å². The van der Waals surface area contributed by atoms with E-state index in [1.807, 2.05) is 31.4 Å². The van der Waals surface area contributed by atoms with Crippen LogP contribution in [0.5, 0.6) is 11.6 Å². The number of amides is 1. The third kappa shape index (κ3) is 4.46. The molecule has 2 heterocycles. The van der Waals surface area contributed by atoms with Gasteiger partial charge in [0, 0.05) is 25.5 Å². The molecule has 7 heteroatoms. The van der Waals surface area contributed by atoms with Crippen LogP contribution in [0.15, 0.2) is 48.8 Å². The van der Waals surface area contributed by atoms with Crippen LogP contribution in [0.4, 0.5) is 0 Å². The molecule has 0 radical (unpaired) electrons. The van der Waals surface area contributed by atoms with Gasteiger partial charge in [-0.2, -0.15) is 5.10 Å². The fraction of sp³-hybridized carbons (Fsp3) is 0.318. The second kappa shape index (κ2) is 8.05. The number of aromatic nitrogens is 3. The summed E-state index contributed by atoms with van der Waals surface area (Å²) >= 11 is 0. The largest absolute Gasteiger partial charge is 0.438 e. The van der Waals surface area contributed by atoms with Crippen molar-refractivity contribution >= 4 is 5.91 Å². The first-order valence-electron chi connectivity index (χ1n) is 9.73. The first-order valence-corrected chi connectivity index (χ1v) is 9.73. The standard InChI is InChI=1S/C22H24N4O3/c1-14(13-27)24-21(28)17-11-19(20-9-10-26(2)25-20)22(23-12-17)29-18-7-5-16(6-8-18)15-3-4-15/h5-12,14-15,27H,3-4,13H2,1-2H3,(H,24,28)/t14-/m1/s1. The number of nitrogens with one attached hydrogen (secondary N) is 1. The monoisotopic (exact) mass is 392 g/mol. The smallest absolute Gasteiger partial charge is 0.253 e. The highest BCUT2D eigenvalue weighted by molar-refractivity contribution is 5.95. The lowest BCUT2D eigenvalue weighted by atomic mass is 10.1. The third-order valence-electron chi connectivity index (χ3n) is 4.90. The van der Waals surface area contributed by atoms with Gasteiger partial charge in [-0.05, 0) is 55.5 Å². The number of carbonyl (C=O) groups excluding carboxylic acids is 1. The first kappa shape index (κ1) is 19.1. The number of nitrogens with zero attached hydrogens (tertiary/aromatic N) is 3. The van der Waals surface area contributed by atoms with Gasteiger partial charge in [0.15, 0.2) is 0 Å². The van der Waals surface area contributed by atoms with Crippen LogP contribution in [0.3, 0.4) is 0 Å². The zero-order chi connectivity index (χ0) is 20.4. The molecule has 2 aromatic heterocycles. The Morgan fingerprint density at radius 1 is 1.31 bits per heavy atom. The summed E-state index contributed by atoms with van der Waals surface area (Å²) in [4.78, 5) is 16.8. The molecular weight excluding hydrogens is 368 g/mol. The third-order valence-corrected chi connectivity index (χ3v) is 4.90. The minimum Gasteiger partial charge on any atom is -0.438 e. The van der Waals surface area contributed by atoms with E-state index in [2.05, 4.69) is 27.5 Å². The van der Waals surface area contributed by atoms with E-state index >= 15 is 0 Å². The molecule has 0 unspecified atom stereocenters. The minimum atomic E-state index is -0.346. The molecule has 1 aliphatic carbocycles. The Balaban J connectivity index is 1.63. The van der Waals surface area contributed by atoms with Crippen molar-refractivity contribution in [2.24, 2.45) is 7.05 Å². The molecule has 3 aromatic rings. The first-order chi connectivity index (χ1) is 14.0. The van der Waals surface area contributed by atoms with Gasteiger partial charge in [0.2, 0.25) is 5.88 Å². The van der Waals surface area contributed by atoms with Crippen LogP contribution in [0.25, 0.3) is 11.3 Å². The molecular formula is C22H24N4O3. The van der Waals surface area contributed by atoms with E-state index in [1.54, 1.807) is 17.7 Å². The number of rotatable bonds is 7. The van der Waals surface area contributed by atoms with E-state index in [9.17, 15) is 4.79 Å². The summed E-state index contributed by atoms with van der Waals surface area (Å²) in [6, 6.07) is 11.3. The van der Waals surface area contributed by atoms with Crippen molar-refractivity contribution in [3.05, 3.63) is 59.9 Å². The van der Waals surface area contributed by atoms with Crippen LogP contribution < -0.4 is 10.1 Å². The van der Waals surface area contributed by atoms with Gasteiger partial charge in [0.05, 0.1) is 23.4 Å². The van der Waals surface area contributed by atoms with Crippen LogP contribution in [0, 0.1) is 0 Å². The SMILES string of the molecule is C[C@H](CO)NC(=O)c1cnc(Oc2ccc(C3CC3)cc2)c(-c2ccn(C)n2)c1. The molecule has 2 N–H and O–H groups in total. The summed E-state index contributed by atoms with van der Waals surface area (Å²) in [5.41, 5.74) is 3.00. The topological polar surface area (TPSA) is 89.3 Å². The van der Waals surface area contributed by atoms with E-state index in [1.165, 1.54) is 24.6 Å². The Hall–Kier alpha value is -3.19. The van der Waals surface area contributed by atoms with Gasteiger partial charge in [0.1, 0.15) is 5.75 Å². The Labute approximate surface area is 169 Å². The van der Waals surface area contributed by atoms with Crippen molar-refractivity contribution in [3.8, 4) is 22.9 Å². The van der Waals surface area contributed by atoms with Gasteiger partial charge >= 0.3 is 0 Å². The minimum absolute atomic E-state index is 0.135. The molecule has 1 aliphatic rings. The number of aryl methyl sites for hydroxylation is 1. The molecule has 1 aromatic carbocycles. The molecule has 4 rings (SSSR count). The highest BCUT2D eigenvalue weighted by atomic mass is 16.5. The number of carbonyl (C=O) groups is 1. The zero-order valence-corrected chi connectivity index (χ0v) is 16.5. The number of pyridine rings is 1. The predicted molar refractivity (Wildman–Crippen MR) is 109 cm³/mol. The summed E-state index contributed by atoms with van der Waals surface area (Å²) in [6.07, 6.45) is 5.80. The molecule has 1 amide bonds. The number of aliphatic hydroxyl groups is 1. The van der Waals surface area contributed by atoms with Gasteiger partial charge < -0.3 is 15.2 Å². The van der Waals surface area contributed by atoms with Crippen molar-refractivity contribution in [1.82, 2.24) is 20.1 Å². The lowest BCUT2D eigenvalue weighted by Crippen LogP contribution is -2.35. The van der Waals surface area contributed by atoms with Crippen LogP contribution in [-0.4, -0.2) is 38.4 Å². The van der Waals surface area contributed by atoms with Gasteiger partial charge in [-0.25, -0.2) is 4.98 Å². The number of benzene rings is 1. The number of ether oxygens (including phenoxy) is 1. The van der Waals surface area contributed by atoms with Crippen molar-refractivity contribution in [3.63, 3.8) is 0 Å². The summed E-state index contributed by atoms with van der Waals surface area (Å²) in [6.45, 7) is 1.60. The lowest BCUT2D eigenvalue weighted by Gasteiger charge is -2.13. The summed E-state index contributed by atoms with van der Waals surface area (Å²) in [5.74, 6) is 1.45. The maximum atomic E-state index is 12.5. The number of aliphatic hydroxyl groups excluding tert-OH is 1. The number of hydrogen-bond acceptors (Lipinski definition) is 5. The molecule has 150 valence electrons. The van der Waals surface area contributed by atoms with Crippen LogP contribution in [0.1, 0.15) is 41.6 Å². The molecule has 0 aliphatic heterocycles. The van der Waals surface area contributed by atoms with Gasteiger partial charge in [-0.15, -0.1) is 0 Å². The summed E-state index contributed by atoms with van der Waals surface area (Å²) < 4.78 is 7.72. The van der Waals surface area contributed by atoms with Crippen LogP contribution in [0.2, 0.25) is 0 Å². The number of hydrogen-bond donors (Lipinski definition) is 2. The second-order valence-corrected chi connectivity index (χ2v) is 7.45. The second-order valence-electron chi connectivity index (χ2n) is 7.45. The van der Waals surface area contributed by atoms with Crippen LogP contribution >= 0.6 is 0 Å². The summed E-state index contributed by atoms with van der Waals surface area (Å²) in [7, 11) is 1.83. The average Bonchev–Trinajstić information content (AvgIpc) is 3.49. The maximum Gasteiger partial charge on any atom is 0.253 e. The van der Waals surface area contributed by atoms with Crippen molar-refractivity contribution in [2.75, 3.05) is 6.61 Å². The Kier molecular flexibility index (Phi) is 5.31. The fourth-order valence-electron chi connectivity index (χ4n) is 3.09. The fourth-order valence-corrected chi connectivity index (χ4v) is 3.09. The molecule has 0 saturated heterocycles. The van der Waals surface area contributed by atoms with Gasteiger partial charge in [0.25, 0.3) is 5.91 Å². The highest BCUT2D eigenvalue weighted by Gasteiger charge is 2.23. The van der Waals surface area contributed by atoms with E-state index in [0.717, 1.165) is 0 Å². The maximum absolute atomic E-state index is 12.5. The van der Waals surface area contributed by atoms with Gasteiger partial charge in [-0.1, -0.05) is 12.1 Å². The van der Waals surface area contributed by atoms with E-state index in [0.29, 0.717) is 34.4 Å².